The minimum absolute atomic E-state index is 0.503. The average molecular weight is 279 g/mol. The van der Waals surface area contributed by atoms with Gasteiger partial charge in [-0.25, -0.2) is 15.0 Å². The fourth-order valence-electron chi connectivity index (χ4n) is 1.02. The van der Waals surface area contributed by atoms with Gasteiger partial charge in [0.05, 0.1) is 6.42 Å². The molecule has 11 heteroatoms. The maximum Gasteiger partial charge on any atom is 0.337 e. The second kappa shape index (κ2) is 6.63. The summed E-state index contributed by atoms with van der Waals surface area (Å²) in [6, 6.07) is -1.42. The van der Waals surface area contributed by atoms with Crippen molar-refractivity contribution in [1.29, 1.82) is 0 Å². The Kier molecular flexibility index (Phi) is 5.85. The summed E-state index contributed by atoms with van der Waals surface area (Å²) in [5.74, 6) is -6.96. The number of nitrogens with one attached hydrogen (secondary N) is 2. The molecule has 0 radical (unpaired) electrons. The third kappa shape index (κ3) is 4.50. The second-order valence-corrected chi connectivity index (χ2v) is 3.54. The summed E-state index contributed by atoms with van der Waals surface area (Å²) in [5.41, 5.74) is 6.03. The number of carbonyl (C=O) groups is 4. The minimum Gasteiger partial charge on any atom is -0.481 e. The van der Waals surface area contributed by atoms with E-state index in [1.807, 2.05) is 5.43 Å². The molecule has 1 unspecified atom stereocenters. The van der Waals surface area contributed by atoms with Gasteiger partial charge < -0.3 is 26.2 Å². The summed E-state index contributed by atoms with van der Waals surface area (Å²) in [7, 11) is 0. The predicted molar refractivity (Wildman–Crippen MR) is 57.0 cm³/mol. The smallest absolute Gasteiger partial charge is 0.337 e. The molecule has 8 N–H and O–H groups in total. The molecule has 0 aromatic carbocycles. The van der Waals surface area contributed by atoms with E-state index in [0.717, 1.165) is 0 Å². The van der Waals surface area contributed by atoms with Gasteiger partial charge in [0.2, 0.25) is 5.54 Å². The number of carboxylic acid groups (broad SMARTS) is 4. The van der Waals surface area contributed by atoms with Crippen LogP contribution in [0, 0.1) is 0 Å². The molecule has 0 saturated heterocycles. The Morgan fingerprint density at radius 1 is 1.05 bits per heavy atom. The van der Waals surface area contributed by atoms with Gasteiger partial charge in [0.15, 0.2) is 0 Å². The van der Waals surface area contributed by atoms with Gasteiger partial charge in [0.1, 0.15) is 6.04 Å². The molecule has 0 aliphatic heterocycles. The molecule has 0 fully saturated rings. The zero-order valence-electron chi connectivity index (χ0n) is 9.49. The Morgan fingerprint density at radius 2 is 1.53 bits per heavy atom. The molecular formula is C8H13N3O8. The number of nitrogens with two attached hydrogens (primary N) is 1. The van der Waals surface area contributed by atoms with Crippen LogP contribution >= 0.6 is 0 Å². The number of rotatable bonds is 9. The van der Waals surface area contributed by atoms with Crippen LogP contribution < -0.4 is 16.6 Å². The summed E-state index contributed by atoms with van der Waals surface area (Å²) in [6.45, 7) is -0.503. The lowest BCUT2D eigenvalue weighted by Crippen LogP contribution is -2.65. The maximum atomic E-state index is 10.9. The first kappa shape index (κ1) is 16.8. The fourth-order valence-corrected chi connectivity index (χ4v) is 1.02. The van der Waals surface area contributed by atoms with Gasteiger partial charge in [-0.1, -0.05) is 0 Å². The highest BCUT2D eigenvalue weighted by Gasteiger charge is 2.48. The Labute approximate surface area is 106 Å². The molecule has 0 bridgehead atoms. The SMILES string of the molecule is NC(CNNC(CC(=O)O)(C(=O)O)C(=O)O)C(=O)O. The summed E-state index contributed by atoms with van der Waals surface area (Å²) < 4.78 is 0. The topological polar surface area (TPSA) is 199 Å². The Hall–Kier alpha value is -2.24. The number of carboxylic acids is 4. The molecule has 108 valence electrons. The lowest BCUT2D eigenvalue weighted by molar-refractivity contribution is -0.164. The highest BCUT2D eigenvalue weighted by Crippen LogP contribution is 2.11. The molecule has 0 heterocycles. The molecule has 19 heavy (non-hydrogen) atoms. The summed E-state index contributed by atoms with van der Waals surface area (Å²) >= 11 is 0. The molecule has 0 aromatic heterocycles. The summed E-state index contributed by atoms with van der Waals surface area (Å²) in [4.78, 5) is 42.7. The van der Waals surface area contributed by atoms with Crippen LogP contribution in [0.4, 0.5) is 0 Å². The van der Waals surface area contributed by atoms with Crippen LogP contribution in [0.15, 0.2) is 0 Å². The van der Waals surface area contributed by atoms with Crippen molar-refractivity contribution in [2.75, 3.05) is 6.54 Å². The molecule has 0 aromatic rings. The van der Waals surface area contributed by atoms with E-state index in [4.69, 9.17) is 26.2 Å². The van der Waals surface area contributed by atoms with Gasteiger partial charge >= 0.3 is 23.9 Å². The quantitative estimate of drug-likeness (QED) is 0.166. The van der Waals surface area contributed by atoms with Crippen molar-refractivity contribution in [2.45, 2.75) is 18.0 Å². The van der Waals surface area contributed by atoms with Crippen LogP contribution in [0.1, 0.15) is 6.42 Å². The highest BCUT2D eigenvalue weighted by atomic mass is 16.4. The predicted octanol–water partition coefficient (Wildman–Crippen LogP) is -3.12. The van der Waals surface area contributed by atoms with Crippen LogP contribution in [0.2, 0.25) is 0 Å². The van der Waals surface area contributed by atoms with E-state index >= 15 is 0 Å². The van der Waals surface area contributed by atoms with Gasteiger partial charge in [-0.3, -0.25) is 15.0 Å². The van der Waals surface area contributed by atoms with Gasteiger partial charge in [0.25, 0.3) is 0 Å². The molecular weight excluding hydrogens is 266 g/mol. The van der Waals surface area contributed by atoms with Crippen molar-refractivity contribution in [3.8, 4) is 0 Å². The average Bonchev–Trinajstić information content (AvgIpc) is 2.25. The lowest BCUT2D eigenvalue weighted by Gasteiger charge is -2.25. The van der Waals surface area contributed by atoms with Gasteiger partial charge in [0, 0.05) is 6.54 Å². The Balaban J connectivity index is 4.86. The summed E-state index contributed by atoms with van der Waals surface area (Å²) in [6.07, 6.45) is -1.26. The van der Waals surface area contributed by atoms with Crippen molar-refractivity contribution in [2.24, 2.45) is 5.73 Å². The van der Waals surface area contributed by atoms with Crippen LogP contribution in [0.5, 0.6) is 0 Å². The van der Waals surface area contributed by atoms with E-state index in [9.17, 15) is 19.2 Å². The molecule has 0 spiro atoms. The monoisotopic (exact) mass is 279 g/mol. The largest absolute Gasteiger partial charge is 0.481 e. The Bertz CT molecular complexity index is 381. The maximum absolute atomic E-state index is 10.9. The van der Waals surface area contributed by atoms with Crippen LogP contribution in [0.3, 0.4) is 0 Å². The third-order valence-corrected chi connectivity index (χ3v) is 2.09. The number of hydrazine groups is 1. The van der Waals surface area contributed by atoms with E-state index in [1.54, 1.807) is 5.43 Å². The highest BCUT2D eigenvalue weighted by molar-refractivity contribution is 6.06. The number of hydrogen-bond acceptors (Lipinski definition) is 7. The van der Waals surface area contributed by atoms with E-state index in [2.05, 4.69) is 0 Å². The normalized spacial score (nSPS) is 12.7. The molecule has 0 amide bonds. The van der Waals surface area contributed by atoms with Crippen LogP contribution in [-0.2, 0) is 19.2 Å². The zero-order chi connectivity index (χ0) is 15.2. The molecule has 0 saturated carbocycles. The third-order valence-electron chi connectivity index (χ3n) is 2.09. The second-order valence-electron chi connectivity index (χ2n) is 3.54. The van der Waals surface area contributed by atoms with E-state index in [1.165, 1.54) is 0 Å². The first-order valence-electron chi connectivity index (χ1n) is 4.80. The van der Waals surface area contributed by atoms with Crippen molar-refractivity contribution in [3.05, 3.63) is 0 Å². The number of aliphatic carboxylic acids is 4. The van der Waals surface area contributed by atoms with Gasteiger partial charge in [-0.15, -0.1) is 0 Å². The molecule has 11 nitrogen and oxygen atoms in total. The molecule has 1 atom stereocenters. The first-order chi connectivity index (χ1) is 8.63. The van der Waals surface area contributed by atoms with Gasteiger partial charge in [-0.2, -0.15) is 0 Å². The van der Waals surface area contributed by atoms with Crippen molar-refractivity contribution in [3.63, 3.8) is 0 Å². The minimum atomic E-state index is -2.83. The number of hydrogen-bond donors (Lipinski definition) is 7. The van der Waals surface area contributed by atoms with Crippen molar-refractivity contribution in [1.82, 2.24) is 10.9 Å². The molecule has 0 aliphatic rings. The van der Waals surface area contributed by atoms with E-state index in [-0.39, 0.29) is 0 Å². The lowest BCUT2D eigenvalue weighted by atomic mass is 9.96. The van der Waals surface area contributed by atoms with Gasteiger partial charge in [-0.05, 0) is 0 Å². The van der Waals surface area contributed by atoms with Crippen LogP contribution in [-0.4, -0.2) is 62.4 Å². The summed E-state index contributed by atoms with van der Waals surface area (Å²) in [5, 5.41) is 34.6. The van der Waals surface area contributed by atoms with E-state index < -0.39 is 48.4 Å². The van der Waals surface area contributed by atoms with Crippen molar-refractivity contribution >= 4 is 23.9 Å². The molecule has 0 rings (SSSR count). The zero-order valence-corrected chi connectivity index (χ0v) is 9.49. The Morgan fingerprint density at radius 3 is 1.84 bits per heavy atom. The van der Waals surface area contributed by atoms with E-state index in [0.29, 0.717) is 0 Å². The van der Waals surface area contributed by atoms with Crippen LogP contribution in [0.25, 0.3) is 0 Å². The first-order valence-corrected chi connectivity index (χ1v) is 4.80. The van der Waals surface area contributed by atoms with Crippen molar-refractivity contribution < 1.29 is 39.6 Å². The fraction of sp³-hybridized carbons (Fsp3) is 0.500. The molecule has 0 aliphatic carbocycles. The standard InChI is InChI=1S/C8H13N3O8/c9-3(5(14)15)2-10-11-8(6(16)17,7(18)19)1-4(12)13/h3,10-11H,1-2,9H2,(H,12,13)(H,14,15)(H,16,17)(H,18,19).